The van der Waals surface area contributed by atoms with Gasteiger partial charge in [-0.1, -0.05) is 23.9 Å². The average Bonchev–Trinajstić information content (AvgIpc) is 2.48. The van der Waals surface area contributed by atoms with Crippen molar-refractivity contribution in [3.8, 4) is 6.07 Å². The van der Waals surface area contributed by atoms with Gasteiger partial charge in [-0.15, -0.1) is 0 Å². The van der Waals surface area contributed by atoms with Gasteiger partial charge in [-0.05, 0) is 30.4 Å². The summed E-state index contributed by atoms with van der Waals surface area (Å²) in [6.45, 7) is 0. The van der Waals surface area contributed by atoms with Gasteiger partial charge in [0.25, 0.3) is 5.69 Å². The van der Waals surface area contributed by atoms with E-state index >= 15 is 0 Å². The lowest BCUT2D eigenvalue weighted by atomic mass is 10.2. The van der Waals surface area contributed by atoms with Crippen molar-refractivity contribution in [3.05, 3.63) is 58.1 Å². The van der Waals surface area contributed by atoms with Crippen LogP contribution in [0.1, 0.15) is 5.56 Å². The Morgan fingerprint density at radius 2 is 2.05 bits per heavy atom. The van der Waals surface area contributed by atoms with E-state index in [0.29, 0.717) is 10.6 Å². The van der Waals surface area contributed by atoms with E-state index in [1.165, 1.54) is 23.9 Å². The van der Waals surface area contributed by atoms with Crippen LogP contribution in [-0.2, 0) is 0 Å². The largest absolute Gasteiger partial charge is 0.376 e. The van der Waals surface area contributed by atoms with Gasteiger partial charge < -0.3 is 11.1 Å². The average molecular weight is 330 g/mol. The normalized spacial score (nSPS) is 9.77. The number of anilines is 1. The molecule has 0 radical (unpaired) electrons. The molecule has 22 heavy (non-hydrogen) atoms. The maximum absolute atomic E-state index is 10.8. The maximum Gasteiger partial charge on any atom is 0.270 e. The van der Waals surface area contributed by atoms with Crippen molar-refractivity contribution >= 4 is 40.5 Å². The molecule has 0 heterocycles. The van der Waals surface area contributed by atoms with Gasteiger partial charge in [0.15, 0.2) is 5.11 Å². The highest BCUT2D eigenvalue weighted by Gasteiger charge is 2.13. The molecule has 110 valence electrons. The molecule has 0 saturated carbocycles. The second-order valence-electron chi connectivity index (χ2n) is 4.14. The summed E-state index contributed by atoms with van der Waals surface area (Å²) in [4.78, 5) is 11.7. The van der Waals surface area contributed by atoms with E-state index in [-0.39, 0.29) is 16.4 Å². The van der Waals surface area contributed by atoms with E-state index in [0.717, 1.165) is 4.90 Å². The highest BCUT2D eigenvalue weighted by atomic mass is 32.2. The molecule has 0 spiro atoms. The number of benzene rings is 2. The lowest BCUT2D eigenvalue weighted by Gasteiger charge is -2.10. The standard InChI is InChI=1S/C14H10N4O2S2/c15-8-9-7-10(18(19)20)5-6-12(9)22-13-4-2-1-3-11(13)17-14(16)21/h1-7H,(H3,16,17,21). The first kappa shape index (κ1) is 15.8. The minimum atomic E-state index is -0.530. The Balaban J connectivity index is 2.37. The number of nitriles is 1. The van der Waals surface area contributed by atoms with E-state index in [2.05, 4.69) is 5.32 Å². The first-order valence-corrected chi connectivity index (χ1v) is 7.25. The quantitative estimate of drug-likeness (QED) is 0.503. The molecular weight excluding hydrogens is 320 g/mol. The molecule has 0 bridgehead atoms. The van der Waals surface area contributed by atoms with E-state index in [4.69, 9.17) is 18.0 Å². The van der Waals surface area contributed by atoms with Crippen LogP contribution in [-0.4, -0.2) is 10.0 Å². The zero-order valence-corrected chi connectivity index (χ0v) is 12.8. The van der Waals surface area contributed by atoms with Crippen molar-refractivity contribution in [1.82, 2.24) is 0 Å². The lowest BCUT2D eigenvalue weighted by molar-refractivity contribution is -0.384. The van der Waals surface area contributed by atoms with Crippen LogP contribution in [0, 0.1) is 21.4 Å². The SMILES string of the molecule is N#Cc1cc([N+](=O)[O-])ccc1Sc1ccccc1NC(N)=S. The molecule has 3 N–H and O–H groups in total. The summed E-state index contributed by atoms with van der Waals surface area (Å²) >= 11 is 6.13. The number of rotatable bonds is 4. The third kappa shape index (κ3) is 3.72. The number of nitrogens with one attached hydrogen (secondary N) is 1. The molecule has 0 aliphatic rings. The second-order valence-corrected chi connectivity index (χ2v) is 5.66. The summed E-state index contributed by atoms with van der Waals surface area (Å²) in [5.74, 6) is 0. The topological polar surface area (TPSA) is 105 Å². The van der Waals surface area contributed by atoms with Crippen LogP contribution in [0.15, 0.2) is 52.3 Å². The second kappa shape index (κ2) is 6.89. The van der Waals surface area contributed by atoms with Crippen molar-refractivity contribution in [1.29, 1.82) is 5.26 Å². The van der Waals surface area contributed by atoms with Crippen LogP contribution < -0.4 is 11.1 Å². The zero-order valence-electron chi connectivity index (χ0n) is 11.1. The molecule has 2 aromatic carbocycles. The van der Waals surface area contributed by atoms with Crippen LogP contribution >= 0.6 is 24.0 Å². The zero-order chi connectivity index (χ0) is 16.1. The van der Waals surface area contributed by atoms with Gasteiger partial charge in [0.2, 0.25) is 0 Å². The molecule has 0 aliphatic heterocycles. The first-order chi connectivity index (χ1) is 10.5. The van der Waals surface area contributed by atoms with Gasteiger partial charge in [-0.25, -0.2) is 0 Å². The Morgan fingerprint density at radius 3 is 2.68 bits per heavy atom. The highest BCUT2D eigenvalue weighted by molar-refractivity contribution is 7.99. The fourth-order valence-corrected chi connectivity index (χ4v) is 2.79. The number of hydrogen-bond acceptors (Lipinski definition) is 5. The van der Waals surface area contributed by atoms with Gasteiger partial charge in [-0.2, -0.15) is 5.26 Å². The van der Waals surface area contributed by atoms with Crippen LogP contribution in [0.2, 0.25) is 0 Å². The predicted octanol–water partition coefficient (Wildman–Crippen LogP) is 3.27. The molecule has 0 aliphatic carbocycles. The maximum atomic E-state index is 10.8. The Kier molecular flexibility index (Phi) is 4.93. The Labute approximate surface area is 136 Å². The van der Waals surface area contributed by atoms with Gasteiger partial charge in [-0.3, -0.25) is 10.1 Å². The highest BCUT2D eigenvalue weighted by Crippen LogP contribution is 2.36. The number of hydrogen-bond donors (Lipinski definition) is 2. The van der Waals surface area contributed by atoms with E-state index in [1.54, 1.807) is 12.1 Å². The Bertz CT molecular complexity index is 787. The van der Waals surface area contributed by atoms with Crippen molar-refractivity contribution in [2.45, 2.75) is 9.79 Å². The van der Waals surface area contributed by atoms with Gasteiger partial charge in [0, 0.05) is 21.9 Å². The van der Waals surface area contributed by atoms with Crippen molar-refractivity contribution in [3.63, 3.8) is 0 Å². The monoisotopic (exact) mass is 330 g/mol. The van der Waals surface area contributed by atoms with Crippen LogP contribution in [0.5, 0.6) is 0 Å². The molecule has 0 fully saturated rings. The number of nitrogens with zero attached hydrogens (tertiary/aromatic N) is 2. The third-order valence-electron chi connectivity index (χ3n) is 2.66. The molecule has 0 amide bonds. The summed E-state index contributed by atoms with van der Waals surface area (Å²) in [5, 5.41) is 22.9. The summed E-state index contributed by atoms with van der Waals surface area (Å²) in [7, 11) is 0. The summed E-state index contributed by atoms with van der Waals surface area (Å²) < 4.78 is 0. The first-order valence-electron chi connectivity index (χ1n) is 6.03. The number of para-hydroxylation sites is 1. The number of nitrogens with two attached hydrogens (primary N) is 1. The van der Waals surface area contributed by atoms with E-state index in [1.807, 2.05) is 24.3 Å². The van der Waals surface area contributed by atoms with Gasteiger partial charge in [0.05, 0.1) is 16.2 Å². The number of nitro groups is 1. The van der Waals surface area contributed by atoms with Gasteiger partial charge >= 0.3 is 0 Å². The molecular formula is C14H10N4O2S2. The van der Waals surface area contributed by atoms with Crippen LogP contribution in [0.3, 0.4) is 0 Å². The molecule has 0 aromatic heterocycles. The molecule has 6 nitrogen and oxygen atoms in total. The summed E-state index contributed by atoms with van der Waals surface area (Å²) in [5.41, 5.74) is 6.31. The minimum Gasteiger partial charge on any atom is -0.376 e. The minimum absolute atomic E-state index is 0.115. The number of thiocarbonyl (C=S) groups is 1. The Morgan fingerprint density at radius 1 is 1.32 bits per heavy atom. The summed E-state index contributed by atoms with van der Waals surface area (Å²) in [6, 6.07) is 13.5. The molecule has 0 atom stereocenters. The molecule has 0 unspecified atom stereocenters. The van der Waals surface area contributed by atoms with E-state index in [9.17, 15) is 15.4 Å². The number of non-ortho nitro benzene ring substituents is 1. The summed E-state index contributed by atoms with van der Waals surface area (Å²) in [6.07, 6.45) is 0. The molecule has 0 saturated heterocycles. The van der Waals surface area contributed by atoms with Crippen molar-refractivity contribution < 1.29 is 4.92 Å². The predicted molar refractivity (Wildman–Crippen MR) is 88.8 cm³/mol. The molecule has 8 heteroatoms. The molecule has 2 aromatic rings. The van der Waals surface area contributed by atoms with E-state index < -0.39 is 4.92 Å². The molecule has 2 rings (SSSR count). The Hall–Kier alpha value is -2.63. The third-order valence-corrected chi connectivity index (χ3v) is 3.91. The van der Waals surface area contributed by atoms with Gasteiger partial charge in [0.1, 0.15) is 6.07 Å². The van der Waals surface area contributed by atoms with Crippen molar-refractivity contribution in [2.75, 3.05) is 5.32 Å². The fourth-order valence-electron chi connectivity index (χ4n) is 1.72. The van der Waals surface area contributed by atoms with Crippen LogP contribution in [0.4, 0.5) is 11.4 Å². The van der Waals surface area contributed by atoms with Crippen LogP contribution in [0.25, 0.3) is 0 Å². The number of nitro benzene ring substituents is 1. The van der Waals surface area contributed by atoms with Crippen molar-refractivity contribution in [2.24, 2.45) is 5.73 Å². The smallest absolute Gasteiger partial charge is 0.270 e. The lowest BCUT2D eigenvalue weighted by Crippen LogP contribution is -2.19. The fraction of sp³-hybridized carbons (Fsp3) is 0.